The first-order chi connectivity index (χ1) is 11.2. The standard InChI is InChI=1S/C17H18BrNO3S2/c1-11-4-6-14(24(3,21)22)9-15(11)19-17(20)10-23-16-7-5-13(18)8-12(16)2/h4-9H,10H2,1-3H3,(H,19,20). The molecule has 24 heavy (non-hydrogen) atoms. The van der Waals surface area contributed by atoms with Crippen LogP contribution in [0.5, 0.6) is 0 Å². The lowest BCUT2D eigenvalue weighted by Gasteiger charge is -2.11. The Morgan fingerprint density at radius 3 is 2.46 bits per heavy atom. The van der Waals surface area contributed by atoms with Gasteiger partial charge in [0.1, 0.15) is 0 Å². The lowest BCUT2D eigenvalue weighted by molar-refractivity contribution is -0.113. The third-order valence-corrected chi connectivity index (χ3v) is 6.19. The quantitative estimate of drug-likeness (QED) is 0.726. The molecule has 0 aromatic heterocycles. The van der Waals surface area contributed by atoms with E-state index >= 15 is 0 Å². The van der Waals surface area contributed by atoms with Gasteiger partial charge in [-0.15, -0.1) is 11.8 Å². The number of carbonyl (C=O) groups excluding carboxylic acids is 1. The van der Waals surface area contributed by atoms with Crippen LogP contribution in [0.1, 0.15) is 11.1 Å². The van der Waals surface area contributed by atoms with Crippen LogP contribution < -0.4 is 5.32 Å². The third-order valence-electron chi connectivity index (χ3n) is 3.41. The maximum Gasteiger partial charge on any atom is 0.234 e. The molecule has 0 aliphatic rings. The van der Waals surface area contributed by atoms with Crippen LogP contribution in [0.4, 0.5) is 5.69 Å². The maximum absolute atomic E-state index is 12.2. The Kier molecular flexibility index (Phi) is 6.11. The Morgan fingerprint density at radius 1 is 1.12 bits per heavy atom. The number of sulfone groups is 1. The van der Waals surface area contributed by atoms with E-state index in [4.69, 9.17) is 0 Å². The van der Waals surface area contributed by atoms with Gasteiger partial charge in [0, 0.05) is 21.3 Å². The summed E-state index contributed by atoms with van der Waals surface area (Å²) in [5.41, 5.74) is 2.44. The largest absolute Gasteiger partial charge is 0.325 e. The molecule has 0 heterocycles. The first-order valence-electron chi connectivity index (χ1n) is 7.16. The molecule has 4 nitrogen and oxygen atoms in total. The average molecular weight is 428 g/mol. The second-order valence-electron chi connectivity index (χ2n) is 5.50. The van der Waals surface area contributed by atoms with E-state index < -0.39 is 9.84 Å². The number of nitrogens with one attached hydrogen (secondary N) is 1. The van der Waals surface area contributed by atoms with Crippen molar-refractivity contribution in [3.63, 3.8) is 0 Å². The molecule has 0 aliphatic carbocycles. The van der Waals surface area contributed by atoms with E-state index in [0.717, 1.165) is 26.8 Å². The van der Waals surface area contributed by atoms with Gasteiger partial charge in [-0.05, 0) is 55.3 Å². The van der Waals surface area contributed by atoms with Gasteiger partial charge in [-0.3, -0.25) is 4.79 Å². The summed E-state index contributed by atoms with van der Waals surface area (Å²) in [6, 6.07) is 10.6. The molecule has 0 fully saturated rings. The lowest BCUT2D eigenvalue weighted by atomic mass is 10.2. The number of carbonyl (C=O) groups is 1. The Hall–Kier alpha value is -1.31. The number of amides is 1. The number of hydrogen-bond acceptors (Lipinski definition) is 4. The van der Waals surface area contributed by atoms with E-state index in [-0.39, 0.29) is 16.6 Å². The number of halogens is 1. The zero-order valence-corrected chi connectivity index (χ0v) is 16.8. The zero-order chi connectivity index (χ0) is 17.9. The van der Waals surface area contributed by atoms with Gasteiger partial charge in [0.2, 0.25) is 5.91 Å². The van der Waals surface area contributed by atoms with E-state index in [2.05, 4.69) is 21.2 Å². The van der Waals surface area contributed by atoms with Crippen molar-refractivity contribution >= 4 is 49.1 Å². The molecule has 1 amide bonds. The van der Waals surface area contributed by atoms with Gasteiger partial charge in [0.05, 0.1) is 10.6 Å². The molecule has 0 saturated heterocycles. The molecule has 7 heteroatoms. The predicted molar refractivity (Wildman–Crippen MR) is 103 cm³/mol. The highest BCUT2D eigenvalue weighted by Gasteiger charge is 2.12. The fraction of sp³-hybridized carbons (Fsp3) is 0.235. The van der Waals surface area contributed by atoms with Gasteiger partial charge in [-0.1, -0.05) is 22.0 Å². The monoisotopic (exact) mass is 427 g/mol. The van der Waals surface area contributed by atoms with Gasteiger partial charge >= 0.3 is 0 Å². The van der Waals surface area contributed by atoms with Crippen LogP contribution >= 0.6 is 27.7 Å². The fourth-order valence-corrected chi connectivity index (χ4v) is 4.00. The summed E-state index contributed by atoms with van der Waals surface area (Å²) in [5, 5.41) is 2.79. The molecule has 128 valence electrons. The van der Waals surface area contributed by atoms with Crippen molar-refractivity contribution in [1.29, 1.82) is 0 Å². The van der Waals surface area contributed by atoms with Gasteiger partial charge in [0.25, 0.3) is 0 Å². The van der Waals surface area contributed by atoms with Crippen molar-refractivity contribution in [3.8, 4) is 0 Å². The Bertz CT molecular complexity index is 879. The summed E-state index contributed by atoms with van der Waals surface area (Å²) in [6.45, 7) is 3.82. The average Bonchev–Trinajstić information content (AvgIpc) is 2.47. The Balaban J connectivity index is 2.07. The topological polar surface area (TPSA) is 63.2 Å². The number of aryl methyl sites for hydroxylation is 2. The van der Waals surface area contributed by atoms with E-state index in [9.17, 15) is 13.2 Å². The van der Waals surface area contributed by atoms with Crippen LogP contribution in [-0.4, -0.2) is 26.3 Å². The lowest BCUT2D eigenvalue weighted by Crippen LogP contribution is -2.15. The SMILES string of the molecule is Cc1ccc(S(C)(=O)=O)cc1NC(=O)CSc1ccc(Br)cc1C. The first kappa shape index (κ1) is 19.0. The molecular formula is C17H18BrNO3S2. The van der Waals surface area contributed by atoms with Crippen molar-refractivity contribution in [2.45, 2.75) is 23.6 Å². The number of benzene rings is 2. The van der Waals surface area contributed by atoms with Crippen molar-refractivity contribution in [2.24, 2.45) is 0 Å². The number of hydrogen-bond donors (Lipinski definition) is 1. The normalized spacial score (nSPS) is 11.3. The summed E-state index contributed by atoms with van der Waals surface area (Å²) >= 11 is 4.86. The van der Waals surface area contributed by atoms with E-state index in [1.165, 1.54) is 17.8 Å². The van der Waals surface area contributed by atoms with Crippen LogP contribution in [0.15, 0.2) is 50.7 Å². The van der Waals surface area contributed by atoms with Gasteiger partial charge < -0.3 is 5.32 Å². The molecular weight excluding hydrogens is 410 g/mol. The molecule has 2 rings (SSSR count). The molecule has 0 bridgehead atoms. The minimum atomic E-state index is -3.30. The molecule has 0 saturated carbocycles. The third kappa shape index (κ3) is 5.09. The van der Waals surface area contributed by atoms with Crippen molar-refractivity contribution in [3.05, 3.63) is 52.0 Å². The molecule has 2 aromatic carbocycles. The molecule has 0 radical (unpaired) electrons. The van der Waals surface area contributed by atoms with Crippen LogP contribution in [-0.2, 0) is 14.6 Å². The van der Waals surface area contributed by atoms with Crippen LogP contribution in [0, 0.1) is 13.8 Å². The zero-order valence-electron chi connectivity index (χ0n) is 13.6. The number of thioether (sulfide) groups is 1. The smallest absolute Gasteiger partial charge is 0.234 e. The van der Waals surface area contributed by atoms with E-state index in [1.54, 1.807) is 12.1 Å². The molecule has 0 atom stereocenters. The summed E-state index contributed by atoms with van der Waals surface area (Å²) in [7, 11) is -3.30. The minimum Gasteiger partial charge on any atom is -0.325 e. The second-order valence-corrected chi connectivity index (χ2v) is 9.44. The molecule has 0 spiro atoms. The fourth-order valence-electron chi connectivity index (χ4n) is 2.07. The molecule has 2 aromatic rings. The maximum atomic E-state index is 12.2. The van der Waals surface area contributed by atoms with Gasteiger partial charge in [-0.2, -0.15) is 0 Å². The summed E-state index contributed by atoms with van der Waals surface area (Å²) in [4.78, 5) is 13.4. The second kappa shape index (κ2) is 7.72. The highest BCUT2D eigenvalue weighted by atomic mass is 79.9. The number of anilines is 1. The van der Waals surface area contributed by atoms with Crippen LogP contribution in [0.2, 0.25) is 0 Å². The molecule has 0 unspecified atom stereocenters. The van der Waals surface area contributed by atoms with E-state index in [1.807, 2.05) is 32.0 Å². The predicted octanol–water partition coefficient (Wildman–Crippen LogP) is 4.20. The van der Waals surface area contributed by atoms with E-state index in [0.29, 0.717) is 5.69 Å². The van der Waals surface area contributed by atoms with Crippen molar-refractivity contribution in [1.82, 2.24) is 0 Å². The highest BCUT2D eigenvalue weighted by Crippen LogP contribution is 2.26. The summed E-state index contributed by atoms with van der Waals surface area (Å²) < 4.78 is 24.3. The van der Waals surface area contributed by atoms with Crippen LogP contribution in [0.3, 0.4) is 0 Å². The first-order valence-corrected chi connectivity index (χ1v) is 10.8. The minimum absolute atomic E-state index is 0.170. The van der Waals surface area contributed by atoms with Crippen LogP contribution in [0.25, 0.3) is 0 Å². The Labute approximate surface area is 155 Å². The highest BCUT2D eigenvalue weighted by molar-refractivity contribution is 9.10. The number of rotatable bonds is 5. The molecule has 0 aliphatic heterocycles. The van der Waals surface area contributed by atoms with Gasteiger partial charge in [0.15, 0.2) is 9.84 Å². The van der Waals surface area contributed by atoms with Crippen molar-refractivity contribution < 1.29 is 13.2 Å². The molecule has 1 N–H and O–H groups in total. The van der Waals surface area contributed by atoms with Crippen molar-refractivity contribution in [2.75, 3.05) is 17.3 Å². The Morgan fingerprint density at radius 2 is 1.83 bits per heavy atom. The summed E-state index contributed by atoms with van der Waals surface area (Å²) in [5.74, 6) is 0.0847. The summed E-state index contributed by atoms with van der Waals surface area (Å²) in [6.07, 6.45) is 1.15. The van der Waals surface area contributed by atoms with Gasteiger partial charge in [-0.25, -0.2) is 8.42 Å².